The Bertz CT molecular complexity index is 223. The molecule has 0 aromatic carbocycles. The van der Waals surface area contributed by atoms with Gasteiger partial charge < -0.3 is 20.9 Å². The molecule has 1 fully saturated rings. The molecule has 16 heavy (non-hydrogen) atoms. The fraction of sp³-hybridized carbons (Fsp3) is 0.909. The van der Waals surface area contributed by atoms with E-state index in [1.54, 1.807) is 7.11 Å². The second-order valence-electron chi connectivity index (χ2n) is 4.49. The Morgan fingerprint density at radius 3 is 2.62 bits per heavy atom. The van der Waals surface area contributed by atoms with Crippen molar-refractivity contribution < 1.29 is 14.6 Å². The number of carbonyl (C=O) groups excluding carboxylic acids is 1. The number of hydrogen-bond donors (Lipinski definition) is 3. The van der Waals surface area contributed by atoms with E-state index in [4.69, 9.17) is 10.5 Å². The van der Waals surface area contributed by atoms with Crippen LogP contribution >= 0.6 is 0 Å². The van der Waals surface area contributed by atoms with Crippen molar-refractivity contribution in [3.63, 3.8) is 0 Å². The molecular formula is C11H22N2O3. The summed E-state index contributed by atoms with van der Waals surface area (Å²) in [5, 5.41) is 12.3. The number of hydrogen-bond acceptors (Lipinski definition) is 4. The summed E-state index contributed by atoms with van der Waals surface area (Å²) < 4.78 is 5.05. The Morgan fingerprint density at radius 1 is 1.56 bits per heavy atom. The van der Waals surface area contributed by atoms with E-state index in [0.29, 0.717) is 6.54 Å². The van der Waals surface area contributed by atoms with Gasteiger partial charge in [0.1, 0.15) is 0 Å². The average molecular weight is 230 g/mol. The Kier molecular flexibility index (Phi) is 5.18. The summed E-state index contributed by atoms with van der Waals surface area (Å²) >= 11 is 0. The molecule has 0 aromatic rings. The molecule has 1 unspecified atom stereocenters. The van der Waals surface area contributed by atoms with Crippen LogP contribution in [0.5, 0.6) is 0 Å². The largest absolute Gasteiger partial charge is 0.394 e. The monoisotopic (exact) mass is 230 g/mol. The molecule has 0 aromatic heterocycles. The van der Waals surface area contributed by atoms with Gasteiger partial charge in [0.2, 0.25) is 5.91 Å². The third-order valence-corrected chi connectivity index (χ3v) is 3.28. The molecule has 0 bridgehead atoms. The van der Waals surface area contributed by atoms with Crippen molar-refractivity contribution >= 4 is 5.91 Å². The van der Waals surface area contributed by atoms with Crippen LogP contribution in [0.1, 0.15) is 32.1 Å². The minimum Gasteiger partial charge on any atom is -0.394 e. The molecule has 0 heterocycles. The van der Waals surface area contributed by atoms with Crippen molar-refractivity contribution in [1.29, 1.82) is 0 Å². The van der Waals surface area contributed by atoms with Crippen LogP contribution in [0.15, 0.2) is 0 Å². The van der Waals surface area contributed by atoms with Crippen LogP contribution in [0.4, 0.5) is 0 Å². The van der Waals surface area contributed by atoms with Gasteiger partial charge in [0, 0.05) is 13.7 Å². The minimum atomic E-state index is -0.399. The maximum absolute atomic E-state index is 11.7. The highest BCUT2D eigenvalue weighted by Crippen LogP contribution is 2.29. The molecule has 0 saturated heterocycles. The van der Waals surface area contributed by atoms with Crippen LogP contribution in [0.25, 0.3) is 0 Å². The highest BCUT2D eigenvalue weighted by Gasteiger charge is 2.34. The average Bonchev–Trinajstić information content (AvgIpc) is 2.75. The Hall–Kier alpha value is -0.650. The lowest BCUT2D eigenvalue weighted by Crippen LogP contribution is -2.50. The van der Waals surface area contributed by atoms with Gasteiger partial charge in [-0.25, -0.2) is 0 Å². The van der Waals surface area contributed by atoms with Crippen LogP contribution in [0.3, 0.4) is 0 Å². The molecule has 1 amide bonds. The summed E-state index contributed by atoms with van der Waals surface area (Å²) in [7, 11) is 1.54. The Balaban J connectivity index is 2.43. The third kappa shape index (κ3) is 3.43. The molecular weight excluding hydrogens is 208 g/mol. The molecule has 1 aliphatic rings. The van der Waals surface area contributed by atoms with E-state index in [-0.39, 0.29) is 25.0 Å². The quantitative estimate of drug-likeness (QED) is 0.588. The molecule has 4 N–H and O–H groups in total. The first kappa shape index (κ1) is 13.4. The number of nitrogens with two attached hydrogens (primary N) is 1. The van der Waals surface area contributed by atoms with E-state index in [2.05, 4.69) is 5.32 Å². The van der Waals surface area contributed by atoms with Gasteiger partial charge in [-0.3, -0.25) is 4.79 Å². The predicted octanol–water partition coefficient (Wildman–Crippen LogP) is -0.228. The smallest absolute Gasteiger partial charge is 0.223 e. The fourth-order valence-electron chi connectivity index (χ4n) is 2.19. The maximum Gasteiger partial charge on any atom is 0.223 e. The lowest BCUT2D eigenvalue weighted by molar-refractivity contribution is -0.125. The maximum atomic E-state index is 11.7. The van der Waals surface area contributed by atoms with Crippen LogP contribution < -0.4 is 11.1 Å². The summed E-state index contributed by atoms with van der Waals surface area (Å²) in [4.78, 5) is 11.7. The van der Waals surface area contributed by atoms with Crippen LogP contribution in [0, 0.1) is 0 Å². The summed E-state index contributed by atoms with van der Waals surface area (Å²) in [5.41, 5.74) is 5.05. The highest BCUT2D eigenvalue weighted by molar-refractivity contribution is 5.77. The minimum absolute atomic E-state index is 0.0129. The standard InChI is InChI=1S/C11H22N2O3/c1-16-9(7-12)6-10(15)13-11(8-14)4-2-3-5-11/h9,14H,2-8,12H2,1H3,(H,13,15). The van der Waals surface area contributed by atoms with Gasteiger partial charge in [0.05, 0.1) is 24.7 Å². The van der Waals surface area contributed by atoms with E-state index in [0.717, 1.165) is 25.7 Å². The Labute approximate surface area is 96.3 Å². The first-order chi connectivity index (χ1) is 7.65. The second kappa shape index (κ2) is 6.18. The summed E-state index contributed by atoms with van der Waals surface area (Å²) in [6.07, 6.45) is 3.86. The summed E-state index contributed by atoms with van der Waals surface area (Å²) in [6, 6.07) is 0. The van der Waals surface area contributed by atoms with Crippen LogP contribution in [-0.2, 0) is 9.53 Å². The third-order valence-electron chi connectivity index (χ3n) is 3.28. The zero-order valence-electron chi connectivity index (χ0n) is 9.87. The fourth-order valence-corrected chi connectivity index (χ4v) is 2.19. The lowest BCUT2D eigenvalue weighted by Gasteiger charge is -2.28. The zero-order chi connectivity index (χ0) is 12.0. The molecule has 5 nitrogen and oxygen atoms in total. The number of methoxy groups -OCH3 is 1. The van der Waals surface area contributed by atoms with Crippen molar-refractivity contribution in [1.82, 2.24) is 5.32 Å². The van der Waals surface area contributed by atoms with E-state index < -0.39 is 5.54 Å². The van der Waals surface area contributed by atoms with Crippen molar-refractivity contribution in [3.8, 4) is 0 Å². The van der Waals surface area contributed by atoms with Gasteiger partial charge in [0.15, 0.2) is 0 Å². The SMILES string of the molecule is COC(CN)CC(=O)NC1(CO)CCCC1. The number of aliphatic hydroxyl groups excluding tert-OH is 1. The number of nitrogens with one attached hydrogen (secondary N) is 1. The first-order valence-electron chi connectivity index (χ1n) is 5.80. The van der Waals surface area contributed by atoms with Crippen LogP contribution in [0.2, 0.25) is 0 Å². The first-order valence-corrected chi connectivity index (χ1v) is 5.80. The Morgan fingerprint density at radius 2 is 2.19 bits per heavy atom. The van der Waals surface area contributed by atoms with Crippen LogP contribution in [-0.4, -0.2) is 42.9 Å². The van der Waals surface area contributed by atoms with Crippen molar-refractivity contribution in [2.24, 2.45) is 5.73 Å². The van der Waals surface area contributed by atoms with Gasteiger partial charge >= 0.3 is 0 Å². The highest BCUT2D eigenvalue weighted by atomic mass is 16.5. The van der Waals surface area contributed by atoms with Gasteiger partial charge in [-0.2, -0.15) is 0 Å². The molecule has 1 aliphatic carbocycles. The summed E-state index contributed by atoms with van der Waals surface area (Å²) in [5.74, 6) is -0.0896. The van der Waals surface area contributed by atoms with Gasteiger partial charge in [-0.1, -0.05) is 12.8 Å². The van der Waals surface area contributed by atoms with E-state index >= 15 is 0 Å². The normalized spacial score (nSPS) is 20.7. The zero-order valence-corrected chi connectivity index (χ0v) is 9.87. The predicted molar refractivity (Wildman–Crippen MR) is 60.9 cm³/mol. The molecule has 1 saturated carbocycles. The van der Waals surface area contributed by atoms with Gasteiger partial charge in [-0.05, 0) is 12.8 Å². The molecule has 0 radical (unpaired) electrons. The molecule has 1 atom stereocenters. The number of rotatable bonds is 6. The topological polar surface area (TPSA) is 84.6 Å². The molecule has 0 aliphatic heterocycles. The van der Waals surface area contributed by atoms with Crippen molar-refractivity contribution in [3.05, 3.63) is 0 Å². The van der Waals surface area contributed by atoms with Gasteiger partial charge in [0.25, 0.3) is 0 Å². The van der Waals surface area contributed by atoms with E-state index in [1.165, 1.54) is 0 Å². The van der Waals surface area contributed by atoms with E-state index in [1.807, 2.05) is 0 Å². The number of aliphatic hydroxyl groups is 1. The van der Waals surface area contributed by atoms with Crippen molar-refractivity contribution in [2.75, 3.05) is 20.3 Å². The number of amides is 1. The molecule has 94 valence electrons. The lowest BCUT2D eigenvalue weighted by atomic mass is 9.98. The van der Waals surface area contributed by atoms with Crippen molar-refractivity contribution in [2.45, 2.75) is 43.7 Å². The number of ether oxygens (including phenoxy) is 1. The molecule has 5 heteroatoms. The summed E-state index contributed by atoms with van der Waals surface area (Å²) in [6.45, 7) is 0.342. The molecule has 1 rings (SSSR count). The second-order valence-corrected chi connectivity index (χ2v) is 4.49. The molecule has 0 spiro atoms. The number of carbonyl (C=O) groups is 1. The van der Waals surface area contributed by atoms with Gasteiger partial charge in [-0.15, -0.1) is 0 Å². The van der Waals surface area contributed by atoms with E-state index in [9.17, 15) is 9.90 Å².